The monoisotopic (exact) mass is 1240 g/mol. The molecular formula is C92H61N5. The van der Waals surface area contributed by atoms with Gasteiger partial charge in [-0.1, -0.05) is 252 Å². The van der Waals surface area contributed by atoms with Crippen molar-refractivity contribution in [2.45, 2.75) is 38.5 Å². The van der Waals surface area contributed by atoms with E-state index in [-0.39, 0.29) is 10.8 Å². The molecule has 4 aromatic heterocycles. The molecule has 3 aliphatic carbocycles. The van der Waals surface area contributed by atoms with Gasteiger partial charge in [0.2, 0.25) is 0 Å². The van der Waals surface area contributed by atoms with Crippen molar-refractivity contribution in [2.24, 2.45) is 0 Å². The predicted octanol–water partition coefficient (Wildman–Crippen LogP) is 23.8. The third kappa shape index (κ3) is 7.59. The quantitative estimate of drug-likeness (QED) is 0.160. The lowest BCUT2D eigenvalue weighted by Crippen LogP contribution is -2.15. The molecule has 0 radical (unpaired) electrons. The Hall–Kier alpha value is -12.2. The maximum Gasteiger partial charge on any atom is 0.160 e. The number of aromatic nitrogens is 5. The summed E-state index contributed by atoms with van der Waals surface area (Å²) in [6.07, 6.45) is 0. The molecular weight excluding hydrogens is 1180 g/mol. The van der Waals surface area contributed by atoms with Crippen molar-refractivity contribution in [1.82, 2.24) is 23.7 Å². The fraction of sp³-hybridized carbons (Fsp3) is 0.0652. The van der Waals surface area contributed by atoms with Crippen LogP contribution < -0.4 is 0 Å². The molecule has 0 saturated heterocycles. The molecule has 18 aromatic rings. The van der Waals surface area contributed by atoms with E-state index in [1.165, 1.54) is 127 Å². The number of hydrogen-bond donors (Lipinski definition) is 0. The second-order valence-corrected chi connectivity index (χ2v) is 28.0. The van der Waals surface area contributed by atoms with E-state index in [4.69, 9.17) is 9.97 Å². The highest BCUT2D eigenvalue weighted by atomic mass is 15.0. The molecule has 0 N–H and O–H groups in total. The van der Waals surface area contributed by atoms with E-state index in [1.807, 2.05) is 0 Å². The SMILES string of the molecule is CC1(C)c2ccccc2-c2ccc(-n3c4ccccc4c4ccc(-c5ccc6c7ccc(-c8ccc9c%10ccccc%10n(-c%10ccc%11c(c%10)C(C)(C)c%10ccccc%10-%11)c9c8)cc7n(-c7cccc(-c8nc(-c9ccccc9)c9c(n8)-c8cccc%10cccc-9c8%10)c7)c6c5)cc43)cc21. The topological polar surface area (TPSA) is 40.6 Å². The minimum absolute atomic E-state index is 0.134. The summed E-state index contributed by atoms with van der Waals surface area (Å²) in [5.74, 6) is 0.687. The van der Waals surface area contributed by atoms with Gasteiger partial charge in [0.1, 0.15) is 0 Å². The third-order valence-corrected chi connectivity index (χ3v) is 22.2. The van der Waals surface area contributed by atoms with Crippen LogP contribution in [-0.4, -0.2) is 23.7 Å². The van der Waals surface area contributed by atoms with Gasteiger partial charge in [-0.2, -0.15) is 0 Å². The smallest absolute Gasteiger partial charge is 0.160 e. The molecule has 0 saturated carbocycles. The molecule has 0 atom stereocenters. The summed E-state index contributed by atoms with van der Waals surface area (Å²) in [5.41, 5.74) is 32.7. The maximum absolute atomic E-state index is 5.59. The van der Waals surface area contributed by atoms with Gasteiger partial charge in [0.15, 0.2) is 5.82 Å². The van der Waals surface area contributed by atoms with Gasteiger partial charge in [-0.05, 0) is 156 Å². The van der Waals surface area contributed by atoms with Crippen LogP contribution in [0, 0.1) is 0 Å². The Kier molecular flexibility index (Phi) is 11.0. The molecule has 5 nitrogen and oxygen atoms in total. The molecule has 0 spiro atoms. The van der Waals surface area contributed by atoms with Gasteiger partial charge in [0, 0.05) is 82.5 Å². The number of benzene rings is 14. The van der Waals surface area contributed by atoms with Gasteiger partial charge < -0.3 is 13.7 Å². The van der Waals surface area contributed by atoms with E-state index in [0.717, 1.165) is 72.6 Å². The molecule has 21 rings (SSSR count). The van der Waals surface area contributed by atoms with Crippen molar-refractivity contribution in [3.05, 3.63) is 320 Å². The van der Waals surface area contributed by atoms with Crippen LogP contribution >= 0.6 is 0 Å². The molecule has 0 amide bonds. The van der Waals surface area contributed by atoms with Crippen LogP contribution in [0.4, 0.5) is 0 Å². The molecule has 0 unspecified atom stereocenters. The molecule has 0 aliphatic heterocycles. The average molecular weight is 1240 g/mol. The molecule has 4 heterocycles. The van der Waals surface area contributed by atoms with Crippen LogP contribution in [0.3, 0.4) is 0 Å². The van der Waals surface area contributed by atoms with Crippen molar-refractivity contribution in [1.29, 1.82) is 0 Å². The minimum atomic E-state index is -0.134. The molecule has 14 aromatic carbocycles. The molecule has 454 valence electrons. The van der Waals surface area contributed by atoms with E-state index >= 15 is 0 Å². The van der Waals surface area contributed by atoms with E-state index in [2.05, 4.69) is 339 Å². The fourth-order valence-electron chi connectivity index (χ4n) is 17.6. The molecule has 97 heavy (non-hydrogen) atoms. The summed E-state index contributed by atoms with van der Waals surface area (Å²) in [4.78, 5) is 11.2. The molecule has 5 heteroatoms. The van der Waals surface area contributed by atoms with Crippen molar-refractivity contribution in [2.75, 3.05) is 0 Å². The Balaban J connectivity index is 0.761. The second kappa shape index (κ2) is 19.7. The first-order valence-electron chi connectivity index (χ1n) is 33.9. The van der Waals surface area contributed by atoms with E-state index < -0.39 is 0 Å². The molecule has 0 bridgehead atoms. The van der Waals surface area contributed by atoms with Crippen LogP contribution in [0.25, 0.3) is 183 Å². The number of nitrogens with zero attached hydrogens (tertiary/aromatic N) is 5. The van der Waals surface area contributed by atoms with Crippen LogP contribution in [0.5, 0.6) is 0 Å². The highest BCUT2D eigenvalue weighted by Crippen LogP contribution is 2.54. The summed E-state index contributed by atoms with van der Waals surface area (Å²) in [5, 5.41) is 9.72. The molecule has 0 fully saturated rings. The van der Waals surface area contributed by atoms with Gasteiger partial charge in [-0.3, -0.25) is 0 Å². The van der Waals surface area contributed by atoms with Gasteiger partial charge in [-0.15, -0.1) is 0 Å². The normalized spacial score (nSPS) is 13.7. The summed E-state index contributed by atoms with van der Waals surface area (Å²) < 4.78 is 7.46. The van der Waals surface area contributed by atoms with Gasteiger partial charge >= 0.3 is 0 Å². The third-order valence-electron chi connectivity index (χ3n) is 22.2. The van der Waals surface area contributed by atoms with E-state index in [1.54, 1.807) is 0 Å². The first-order valence-corrected chi connectivity index (χ1v) is 33.9. The standard InChI is InChI=1S/C92H61N5/c1-91(2)76-31-12-8-25-64(76)66-45-39-62(52-78(66)91)95-80-33-14-10-27-68(80)70-41-35-56(48-82(70)95)58-37-43-72-73-44-38-59(57-36-42-71-69-28-11-15-34-81(69)96(83(71)49-57)63-40-46-67-65-26-9-13-32-77(65)92(3,4)79(67)53-63)51-85(73)97(84(72)50-58)61-24-16-23-60(47-61)90-93-88(55-19-6-5-7-20-55)87-74-29-17-21-54-22-18-30-75(86(54)74)89(87)94-90/h5-53H,1-4H3. The maximum atomic E-state index is 5.59. The highest BCUT2D eigenvalue weighted by molar-refractivity contribution is 6.18. The Morgan fingerprint density at radius 2 is 0.639 bits per heavy atom. The first kappa shape index (κ1) is 54.2. The average Bonchev–Trinajstić information content (AvgIpc) is 1.59. The van der Waals surface area contributed by atoms with Crippen LogP contribution in [0.2, 0.25) is 0 Å². The van der Waals surface area contributed by atoms with Crippen LogP contribution in [0.15, 0.2) is 297 Å². The number of fused-ring (bicyclic) bond motifs is 18. The van der Waals surface area contributed by atoms with E-state index in [0.29, 0.717) is 5.82 Å². The predicted molar refractivity (Wildman–Crippen MR) is 404 cm³/mol. The lowest BCUT2D eigenvalue weighted by molar-refractivity contribution is 0.660. The lowest BCUT2D eigenvalue weighted by Gasteiger charge is -2.22. The molecule has 3 aliphatic rings. The van der Waals surface area contributed by atoms with Crippen LogP contribution in [0.1, 0.15) is 49.9 Å². The largest absolute Gasteiger partial charge is 0.309 e. The van der Waals surface area contributed by atoms with Crippen molar-refractivity contribution in [3.8, 4) is 107 Å². The Morgan fingerprint density at radius 3 is 1.16 bits per heavy atom. The van der Waals surface area contributed by atoms with Gasteiger partial charge in [-0.25, -0.2) is 9.97 Å². The number of rotatable bonds is 7. The zero-order chi connectivity index (χ0) is 64.2. The summed E-state index contributed by atoms with van der Waals surface area (Å²) >= 11 is 0. The summed E-state index contributed by atoms with van der Waals surface area (Å²) in [7, 11) is 0. The minimum Gasteiger partial charge on any atom is -0.309 e. The number of hydrogen-bond acceptors (Lipinski definition) is 2. The lowest BCUT2D eigenvalue weighted by atomic mass is 9.82. The Bertz CT molecular complexity index is 6220. The van der Waals surface area contributed by atoms with Gasteiger partial charge in [0.05, 0.1) is 44.5 Å². The van der Waals surface area contributed by atoms with Crippen LogP contribution in [-0.2, 0) is 10.8 Å². The van der Waals surface area contributed by atoms with Crippen molar-refractivity contribution in [3.63, 3.8) is 0 Å². The van der Waals surface area contributed by atoms with Gasteiger partial charge in [0.25, 0.3) is 0 Å². The zero-order valence-corrected chi connectivity index (χ0v) is 54.0. The first-order chi connectivity index (χ1) is 47.6. The van der Waals surface area contributed by atoms with Crippen molar-refractivity contribution >= 4 is 76.2 Å². The number of para-hydroxylation sites is 2. The second-order valence-electron chi connectivity index (χ2n) is 28.0. The zero-order valence-electron chi connectivity index (χ0n) is 54.0. The Morgan fingerprint density at radius 1 is 0.247 bits per heavy atom. The van der Waals surface area contributed by atoms with E-state index in [9.17, 15) is 0 Å². The fourth-order valence-corrected chi connectivity index (χ4v) is 17.6. The highest BCUT2D eigenvalue weighted by Gasteiger charge is 2.38. The Labute approximate surface area is 561 Å². The summed E-state index contributed by atoms with van der Waals surface area (Å²) in [6.45, 7) is 9.48. The van der Waals surface area contributed by atoms with Crippen molar-refractivity contribution < 1.29 is 0 Å². The summed E-state index contributed by atoms with van der Waals surface area (Å²) in [6, 6.07) is 111.